The van der Waals surface area contributed by atoms with Gasteiger partial charge in [0.2, 0.25) is 5.91 Å². The van der Waals surface area contributed by atoms with E-state index < -0.39 is 0 Å². The number of nitrogens with zero attached hydrogens (tertiary/aromatic N) is 1. The van der Waals surface area contributed by atoms with Gasteiger partial charge in [0.1, 0.15) is 0 Å². The van der Waals surface area contributed by atoms with Crippen molar-refractivity contribution in [2.45, 2.75) is 19.4 Å². The lowest BCUT2D eigenvalue weighted by atomic mass is 10.0. The van der Waals surface area contributed by atoms with Crippen molar-refractivity contribution < 1.29 is 9.90 Å². The van der Waals surface area contributed by atoms with E-state index >= 15 is 0 Å². The van der Waals surface area contributed by atoms with E-state index in [1.54, 1.807) is 18.2 Å². The Morgan fingerprint density at radius 2 is 2.20 bits per heavy atom. The molecule has 1 heterocycles. The molecule has 2 unspecified atom stereocenters. The first-order valence-electron chi connectivity index (χ1n) is 6.61. The minimum Gasteiger partial charge on any atom is -0.395 e. The summed E-state index contributed by atoms with van der Waals surface area (Å²) in [5.41, 5.74) is 0.622. The van der Waals surface area contributed by atoms with Crippen molar-refractivity contribution in [2.75, 3.05) is 25.0 Å². The summed E-state index contributed by atoms with van der Waals surface area (Å²) in [6, 6.07) is 5.04. The van der Waals surface area contributed by atoms with Crippen molar-refractivity contribution in [3.05, 3.63) is 28.2 Å². The maximum atomic E-state index is 12.0. The molecule has 1 aliphatic rings. The van der Waals surface area contributed by atoms with Crippen molar-refractivity contribution in [1.29, 1.82) is 0 Å². The van der Waals surface area contributed by atoms with E-state index in [4.69, 9.17) is 23.2 Å². The molecule has 2 rings (SSSR count). The summed E-state index contributed by atoms with van der Waals surface area (Å²) < 4.78 is 0. The molecule has 1 aromatic rings. The molecule has 0 bridgehead atoms. The average Bonchev–Trinajstić information content (AvgIpc) is 2.74. The summed E-state index contributed by atoms with van der Waals surface area (Å²) in [5.74, 6) is 0.300. The lowest BCUT2D eigenvalue weighted by Gasteiger charge is -2.24. The van der Waals surface area contributed by atoms with Crippen LogP contribution in [0.3, 0.4) is 0 Å². The van der Waals surface area contributed by atoms with E-state index in [2.05, 4.69) is 12.2 Å². The predicted molar refractivity (Wildman–Crippen MR) is 81.3 cm³/mol. The Morgan fingerprint density at radius 1 is 1.45 bits per heavy atom. The normalized spacial score (nSPS) is 23.0. The summed E-state index contributed by atoms with van der Waals surface area (Å²) in [5, 5.41) is 13.0. The van der Waals surface area contributed by atoms with Crippen LogP contribution in [0.5, 0.6) is 0 Å². The monoisotopic (exact) mass is 316 g/mol. The fraction of sp³-hybridized carbons (Fsp3) is 0.500. The molecular weight excluding hydrogens is 299 g/mol. The summed E-state index contributed by atoms with van der Waals surface area (Å²) >= 11 is 11.7. The molecule has 1 aliphatic heterocycles. The quantitative estimate of drug-likeness (QED) is 0.897. The van der Waals surface area contributed by atoms with Crippen molar-refractivity contribution >= 4 is 34.8 Å². The van der Waals surface area contributed by atoms with Crippen LogP contribution in [0, 0.1) is 5.92 Å². The van der Waals surface area contributed by atoms with Gasteiger partial charge in [-0.15, -0.1) is 0 Å². The Hall–Kier alpha value is -0.810. The molecule has 1 amide bonds. The zero-order valence-electron chi connectivity index (χ0n) is 11.3. The molecule has 20 heavy (non-hydrogen) atoms. The molecule has 0 aliphatic carbocycles. The first-order chi connectivity index (χ1) is 9.51. The van der Waals surface area contributed by atoms with Crippen molar-refractivity contribution in [2.24, 2.45) is 5.92 Å². The van der Waals surface area contributed by atoms with E-state index in [1.807, 2.05) is 4.90 Å². The summed E-state index contributed by atoms with van der Waals surface area (Å²) in [6.45, 7) is 3.29. The first-order valence-corrected chi connectivity index (χ1v) is 7.36. The van der Waals surface area contributed by atoms with Gasteiger partial charge in [0.05, 0.1) is 23.2 Å². The number of nitrogens with one attached hydrogen (secondary N) is 1. The average molecular weight is 317 g/mol. The fourth-order valence-corrected chi connectivity index (χ4v) is 2.84. The number of hydrogen-bond acceptors (Lipinski definition) is 3. The van der Waals surface area contributed by atoms with Crippen LogP contribution in [0.15, 0.2) is 18.2 Å². The number of carbonyl (C=O) groups is 1. The maximum absolute atomic E-state index is 12.0. The van der Waals surface area contributed by atoms with Gasteiger partial charge >= 0.3 is 0 Å². The highest BCUT2D eigenvalue weighted by Crippen LogP contribution is 2.26. The largest absolute Gasteiger partial charge is 0.395 e. The van der Waals surface area contributed by atoms with Gasteiger partial charge in [-0.2, -0.15) is 0 Å². The van der Waals surface area contributed by atoms with E-state index in [-0.39, 0.29) is 25.1 Å². The molecule has 110 valence electrons. The van der Waals surface area contributed by atoms with E-state index in [9.17, 15) is 9.90 Å². The van der Waals surface area contributed by atoms with E-state index in [0.717, 1.165) is 13.0 Å². The van der Waals surface area contributed by atoms with Crippen LogP contribution in [0.1, 0.15) is 13.3 Å². The summed E-state index contributed by atoms with van der Waals surface area (Å²) in [7, 11) is 0. The van der Waals surface area contributed by atoms with Crippen molar-refractivity contribution in [1.82, 2.24) is 4.90 Å². The fourth-order valence-electron chi connectivity index (χ4n) is 2.54. The highest BCUT2D eigenvalue weighted by Gasteiger charge is 2.31. The highest BCUT2D eigenvalue weighted by molar-refractivity contribution is 6.42. The first kappa shape index (κ1) is 15.6. The van der Waals surface area contributed by atoms with Crippen LogP contribution in [0.25, 0.3) is 0 Å². The topological polar surface area (TPSA) is 52.6 Å². The van der Waals surface area contributed by atoms with Crippen LogP contribution < -0.4 is 5.32 Å². The second-order valence-electron chi connectivity index (χ2n) is 5.16. The number of anilines is 1. The van der Waals surface area contributed by atoms with Gasteiger partial charge in [0.25, 0.3) is 0 Å². The number of likely N-dealkylation sites (tertiary alicyclic amines) is 1. The number of rotatable bonds is 4. The molecule has 0 saturated carbocycles. The Kier molecular flexibility index (Phi) is 5.27. The molecule has 0 spiro atoms. The van der Waals surface area contributed by atoms with Crippen molar-refractivity contribution in [3.63, 3.8) is 0 Å². The number of benzene rings is 1. The highest BCUT2D eigenvalue weighted by atomic mass is 35.5. The van der Waals surface area contributed by atoms with Gasteiger partial charge in [-0.25, -0.2) is 0 Å². The van der Waals surface area contributed by atoms with Crippen LogP contribution in [-0.2, 0) is 4.79 Å². The third kappa shape index (κ3) is 3.64. The Labute approximate surface area is 128 Å². The lowest BCUT2D eigenvalue weighted by Crippen LogP contribution is -2.40. The third-order valence-corrected chi connectivity index (χ3v) is 4.47. The molecule has 1 saturated heterocycles. The number of hydrogen-bond donors (Lipinski definition) is 2. The Morgan fingerprint density at radius 3 is 2.85 bits per heavy atom. The standard InChI is InChI=1S/C14H18Cl2N2O2/c1-9-4-5-18(13(9)8-19)7-14(20)17-10-2-3-11(15)12(16)6-10/h2-3,6,9,13,19H,4-5,7-8H2,1H3,(H,17,20). The van der Waals surface area contributed by atoms with Gasteiger partial charge in [-0.1, -0.05) is 30.1 Å². The SMILES string of the molecule is CC1CCN(CC(=O)Nc2ccc(Cl)c(Cl)c2)C1CO. The number of amides is 1. The number of aliphatic hydroxyl groups excluding tert-OH is 1. The van der Waals surface area contributed by atoms with Crippen molar-refractivity contribution in [3.8, 4) is 0 Å². The molecule has 1 fully saturated rings. The van der Waals surface area contributed by atoms with E-state index in [0.29, 0.717) is 21.7 Å². The summed E-state index contributed by atoms with van der Waals surface area (Å²) in [6.07, 6.45) is 1.01. The minimum absolute atomic E-state index is 0.0644. The van der Waals surface area contributed by atoms with Gasteiger partial charge in [-0.05, 0) is 37.1 Å². The zero-order chi connectivity index (χ0) is 14.7. The molecule has 6 heteroatoms. The van der Waals surface area contributed by atoms with Gasteiger partial charge in [0, 0.05) is 11.7 Å². The zero-order valence-corrected chi connectivity index (χ0v) is 12.8. The molecular formula is C14H18Cl2N2O2. The predicted octanol–water partition coefficient (Wildman–Crippen LogP) is 2.63. The van der Waals surface area contributed by atoms with Crippen LogP contribution in [0.4, 0.5) is 5.69 Å². The maximum Gasteiger partial charge on any atom is 0.238 e. The second kappa shape index (κ2) is 6.76. The summed E-state index contributed by atoms with van der Waals surface area (Å²) in [4.78, 5) is 14.0. The number of carbonyl (C=O) groups excluding carboxylic acids is 1. The van der Waals surface area contributed by atoms with Gasteiger partial charge in [0.15, 0.2) is 0 Å². The Bertz CT molecular complexity index is 496. The molecule has 0 radical (unpaired) electrons. The number of halogens is 2. The molecule has 2 N–H and O–H groups in total. The third-order valence-electron chi connectivity index (χ3n) is 3.73. The molecule has 1 aromatic carbocycles. The molecule has 4 nitrogen and oxygen atoms in total. The second-order valence-corrected chi connectivity index (χ2v) is 5.98. The lowest BCUT2D eigenvalue weighted by molar-refractivity contribution is -0.117. The molecule has 0 aromatic heterocycles. The molecule has 2 atom stereocenters. The van der Waals surface area contributed by atoms with Gasteiger partial charge < -0.3 is 10.4 Å². The van der Waals surface area contributed by atoms with Crippen LogP contribution in [-0.4, -0.2) is 41.7 Å². The smallest absolute Gasteiger partial charge is 0.238 e. The number of aliphatic hydroxyl groups is 1. The van der Waals surface area contributed by atoms with Crippen LogP contribution >= 0.6 is 23.2 Å². The van der Waals surface area contributed by atoms with Gasteiger partial charge in [-0.3, -0.25) is 9.69 Å². The minimum atomic E-state index is -0.115. The van der Waals surface area contributed by atoms with Crippen LogP contribution in [0.2, 0.25) is 10.0 Å². The van der Waals surface area contributed by atoms with E-state index in [1.165, 1.54) is 0 Å². The Balaban J connectivity index is 1.94.